The van der Waals surface area contributed by atoms with Gasteiger partial charge in [-0.2, -0.15) is 10.2 Å². The quantitative estimate of drug-likeness (QED) is 0.443. The lowest BCUT2D eigenvalue weighted by molar-refractivity contribution is 0.250. The van der Waals surface area contributed by atoms with Gasteiger partial charge in [-0.05, 0) is 20.8 Å². The van der Waals surface area contributed by atoms with E-state index in [0.717, 1.165) is 12.4 Å². The van der Waals surface area contributed by atoms with E-state index >= 15 is 0 Å². The first-order valence-corrected chi connectivity index (χ1v) is 9.67. The van der Waals surface area contributed by atoms with E-state index in [4.69, 9.17) is 23.2 Å². The first-order chi connectivity index (χ1) is 12.3. The number of aliphatic hydroxyl groups excluding tert-OH is 2. The molecule has 0 aromatic rings. The van der Waals surface area contributed by atoms with Crippen molar-refractivity contribution in [3.8, 4) is 0 Å². The van der Waals surface area contributed by atoms with E-state index in [0.29, 0.717) is 38.6 Å². The van der Waals surface area contributed by atoms with Crippen LogP contribution in [0.3, 0.4) is 0 Å². The first kappa shape index (κ1) is 21.3. The van der Waals surface area contributed by atoms with Gasteiger partial charge in [0.15, 0.2) is 5.54 Å². The van der Waals surface area contributed by atoms with Gasteiger partial charge in [0, 0.05) is 26.2 Å². The summed E-state index contributed by atoms with van der Waals surface area (Å²) >= 11 is 12.5. The number of alkyl halides is 2. The van der Waals surface area contributed by atoms with Gasteiger partial charge in [0.05, 0.1) is 26.3 Å². The van der Waals surface area contributed by atoms with Crippen LogP contribution < -0.4 is 0 Å². The lowest BCUT2D eigenvalue weighted by Gasteiger charge is -2.33. The Morgan fingerprint density at radius 2 is 1.46 bits per heavy atom. The van der Waals surface area contributed by atoms with E-state index < -0.39 is 15.9 Å². The largest absolute Gasteiger partial charge is 0.395 e. The molecule has 0 bridgehead atoms. The minimum absolute atomic E-state index is 0.0138. The molecule has 2 aliphatic heterocycles. The molecule has 1 unspecified atom stereocenters. The van der Waals surface area contributed by atoms with Gasteiger partial charge in [0.1, 0.15) is 22.0 Å². The number of β-amino-alcohol motifs (C(OH)–C–C–N with tert-alkyl or cyclic N) is 2. The summed E-state index contributed by atoms with van der Waals surface area (Å²) < 4.78 is 0. The molecule has 0 aromatic heterocycles. The monoisotopic (exact) mass is 406 g/mol. The van der Waals surface area contributed by atoms with E-state index in [1.54, 1.807) is 6.92 Å². The number of nitrogens with zero attached hydrogens (tertiary/aromatic N) is 6. The number of azo groups is 1. The minimum Gasteiger partial charge on any atom is -0.395 e. The molecule has 0 fully saturated rings. The molecule has 26 heavy (non-hydrogen) atoms. The second-order valence-corrected chi connectivity index (χ2v) is 8.14. The van der Waals surface area contributed by atoms with Gasteiger partial charge in [0.25, 0.3) is 0 Å². The molecule has 0 spiro atoms. The van der Waals surface area contributed by atoms with Crippen LogP contribution in [0.15, 0.2) is 20.2 Å². The van der Waals surface area contributed by atoms with Crippen molar-refractivity contribution in [1.29, 1.82) is 0 Å². The number of hydrogen-bond acceptors (Lipinski definition) is 8. The number of aliphatic hydroxyl groups is 2. The average Bonchev–Trinajstić information content (AvgIpc) is 3.23. The van der Waals surface area contributed by atoms with Crippen LogP contribution >= 0.6 is 23.2 Å². The van der Waals surface area contributed by atoms with Crippen LogP contribution in [0.5, 0.6) is 0 Å². The third-order valence-corrected chi connectivity index (χ3v) is 5.38. The number of halogens is 2. The maximum absolute atomic E-state index is 9.27. The van der Waals surface area contributed by atoms with Crippen molar-refractivity contribution in [1.82, 2.24) is 9.80 Å². The van der Waals surface area contributed by atoms with Crippen LogP contribution in [-0.4, -0.2) is 100 Å². The zero-order valence-corrected chi connectivity index (χ0v) is 17.1. The van der Waals surface area contributed by atoms with Crippen molar-refractivity contribution < 1.29 is 10.2 Å². The van der Waals surface area contributed by atoms with Crippen molar-refractivity contribution in [3.63, 3.8) is 0 Å². The Labute approximate surface area is 164 Å². The summed E-state index contributed by atoms with van der Waals surface area (Å²) in [5, 5.41) is 27.6. The molecule has 0 aromatic carbocycles. The Hall–Kier alpha value is -0.960. The van der Waals surface area contributed by atoms with Crippen LogP contribution in [-0.2, 0) is 0 Å². The van der Waals surface area contributed by atoms with Gasteiger partial charge >= 0.3 is 0 Å². The Balaban J connectivity index is 2.26. The second-order valence-electron chi connectivity index (χ2n) is 7.04. The second kappa shape index (κ2) is 8.82. The fourth-order valence-electron chi connectivity index (χ4n) is 3.16. The van der Waals surface area contributed by atoms with Crippen LogP contribution in [0.2, 0.25) is 0 Å². The van der Waals surface area contributed by atoms with E-state index in [1.807, 2.05) is 23.6 Å². The highest BCUT2D eigenvalue weighted by atomic mass is 35.5. The van der Waals surface area contributed by atoms with Crippen LogP contribution in [0.1, 0.15) is 20.8 Å². The van der Waals surface area contributed by atoms with Gasteiger partial charge in [-0.25, -0.2) is 0 Å². The molecular formula is C16H28Cl2N6O2. The Morgan fingerprint density at radius 3 is 1.96 bits per heavy atom. The molecule has 1 atom stereocenters. The zero-order valence-electron chi connectivity index (χ0n) is 15.6. The van der Waals surface area contributed by atoms with Crippen molar-refractivity contribution in [2.75, 3.05) is 52.5 Å². The molecule has 0 saturated carbocycles. The van der Waals surface area contributed by atoms with Gasteiger partial charge in [-0.3, -0.25) is 9.98 Å². The summed E-state index contributed by atoms with van der Waals surface area (Å²) in [5.74, 6) is 1.43. The van der Waals surface area contributed by atoms with Gasteiger partial charge in [0.2, 0.25) is 0 Å². The summed E-state index contributed by atoms with van der Waals surface area (Å²) in [4.78, 5) is 12.1. The molecule has 0 aliphatic carbocycles. The van der Waals surface area contributed by atoms with E-state index in [9.17, 15) is 10.2 Å². The fourth-order valence-corrected chi connectivity index (χ4v) is 3.44. The molecule has 2 rings (SSSR count). The third kappa shape index (κ3) is 4.47. The van der Waals surface area contributed by atoms with Crippen molar-refractivity contribution in [2.45, 2.75) is 36.7 Å². The standard InChI is InChI=1S/C16H28Cl2N6O2/c1-15(2,13-19-4-6-23(13)8-10-25)21-22-16(3,12(17)18)14-20-5-7-24(14)9-11-26/h12,25-26H,4-11H2,1-3H3. The average molecular weight is 407 g/mol. The van der Waals surface area contributed by atoms with Crippen LogP contribution in [0.25, 0.3) is 0 Å². The molecule has 8 nitrogen and oxygen atoms in total. The Bertz CT molecular complexity index is 581. The smallest absolute Gasteiger partial charge is 0.165 e. The minimum atomic E-state index is -1.02. The third-order valence-electron chi connectivity index (χ3n) is 4.53. The molecule has 2 aliphatic rings. The molecule has 148 valence electrons. The van der Waals surface area contributed by atoms with Gasteiger partial charge in [-0.1, -0.05) is 0 Å². The first-order valence-electron chi connectivity index (χ1n) is 8.80. The lowest BCUT2D eigenvalue weighted by atomic mass is 10.0. The number of hydrogen-bond donors (Lipinski definition) is 2. The summed E-state index contributed by atoms with van der Waals surface area (Å²) in [6.07, 6.45) is 0. The highest BCUT2D eigenvalue weighted by molar-refractivity contribution is 6.46. The molecule has 0 saturated heterocycles. The normalized spacial score (nSPS) is 20.9. The van der Waals surface area contributed by atoms with E-state index in [-0.39, 0.29) is 13.2 Å². The maximum Gasteiger partial charge on any atom is 0.165 e. The van der Waals surface area contributed by atoms with Crippen molar-refractivity contribution in [2.24, 2.45) is 20.2 Å². The topological polar surface area (TPSA) is 96.4 Å². The summed E-state index contributed by atoms with van der Waals surface area (Å²) in [6, 6.07) is 0. The number of amidine groups is 2. The molecule has 2 heterocycles. The molecule has 2 N–H and O–H groups in total. The summed E-state index contributed by atoms with van der Waals surface area (Å²) in [5.41, 5.74) is -1.70. The predicted molar refractivity (Wildman–Crippen MR) is 105 cm³/mol. The predicted octanol–water partition coefficient (Wildman–Crippen LogP) is 1.19. The van der Waals surface area contributed by atoms with Crippen molar-refractivity contribution in [3.05, 3.63) is 0 Å². The SMILES string of the molecule is CC(C)(N=NC(C)(C1=NCCN1CCO)C(Cl)Cl)C1=NCCN1CCO. The fraction of sp³-hybridized carbons (Fsp3) is 0.875. The molecule has 10 heteroatoms. The lowest BCUT2D eigenvalue weighted by Crippen LogP contribution is -2.49. The summed E-state index contributed by atoms with van der Waals surface area (Å²) in [6.45, 7) is 9.42. The highest BCUT2D eigenvalue weighted by Crippen LogP contribution is 2.31. The van der Waals surface area contributed by atoms with E-state index in [1.165, 1.54) is 0 Å². The Kier molecular flexibility index (Phi) is 7.24. The Morgan fingerprint density at radius 1 is 0.962 bits per heavy atom. The maximum atomic E-state index is 9.27. The van der Waals surface area contributed by atoms with E-state index in [2.05, 4.69) is 20.2 Å². The highest BCUT2D eigenvalue weighted by Gasteiger charge is 2.43. The summed E-state index contributed by atoms with van der Waals surface area (Å²) in [7, 11) is 0. The van der Waals surface area contributed by atoms with Crippen LogP contribution in [0.4, 0.5) is 0 Å². The van der Waals surface area contributed by atoms with Gasteiger partial charge < -0.3 is 20.0 Å². The number of rotatable bonds is 9. The zero-order chi connectivity index (χ0) is 19.4. The number of aliphatic imine (C=N–C) groups is 2. The van der Waals surface area contributed by atoms with Crippen LogP contribution in [0, 0.1) is 0 Å². The molecule has 0 radical (unpaired) electrons. The molecule has 0 amide bonds. The van der Waals surface area contributed by atoms with Gasteiger partial charge in [-0.15, -0.1) is 23.2 Å². The molecular weight excluding hydrogens is 379 g/mol. The van der Waals surface area contributed by atoms with Crippen molar-refractivity contribution >= 4 is 34.9 Å².